The number of hydrogen-bond acceptors (Lipinski definition) is 7. The van der Waals surface area contributed by atoms with Crippen molar-refractivity contribution in [2.75, 3.05) is 13.2 Å². The Morgan fingerprint density at radius 2 is 2.06 bits per heavy atom. The first-order valence-electron chi connectivity index (χ1n) is 10.5. The molecule has 0 saturated carbocycles. The molecule has 9 nitrogen and oxygen atoms in total. The van der Waals surface area contributed by atoms with Crippen LogP contribution in [0.4, 0.5) is 0 Å². The summed E-state index contributed by atoms with van der Waals surface area (Å²) in [5.41, 5.74) is 5.61. The normalized spacial score (nSPS) is 17.6. The minimum absolute atomic E-state index is 0.0128. The van der Waals surface area contributed by atoms with Crippen LogP contribution in [0.15, 0.2) is 36.8 Å². The molecule has 0 spiro atoms. The zero-order chi connectivity index (χ0) is 23.1. The van der Waals surface area contributed by atoms with Crippen molar-refractivity contribution in [1.29, 1.82) is 5.26 Å². The van der Waals surface area contributed by atoms with Gasteiger partial charge in [0.05, 0.1) is 23.9 Å². The Morgan fingerprint density at radius 1 is 1.21 bits per heavy atom. The molecule has 2 aliphatic heterocycles. The van der Waals surface area contributed by atoms with E-state index in [1.165, 1.54) is 6.20 Å². The van der Waals surface area contributed by atoms with Crippen LogP contribution in [0.3, 0.4) is 0 Å². The van der Waals surface area contributed by atoms with Gasteiger partial charge in [0.1, 0.15) is 25.4 Å². The van der Waals surface area contributed by atoms with Gasteiger partial charge in [-0.15, -0.1) is 0 Å². The Morgan fingerprint density at radius 3 is 2.85 bits per heavy atom. The molecule has 1 atom stereocenters. The molecule has 0 unspecified atom stereocenters. The van der Waals surface area contributed by atoms with Gasteiger partial charge in [-0.25, -0.2) is 14.5 Å². The number of nitriles is 1. The van der Waals surface area contributed by atoms with Gasteiger partial charge in [-0.05, 0) is 42.7 Å². The Bertz CT molecular complexity index is 1320. The number of rotatable bonds is 4. The van der Waals surface area contributed by atoms with Gasteiger partial charge in [0.25, 0.3) is 0 Å². The lowest BCUT2D eigenvalue weighted by Gasteiger charge is -2.33. The maximum Gasteiger partial charge on any atom is 0.338 e. The van der Waals surface area contributed by atoms with Crippen molar-refractivity contribution in [2.24, 2.45) is 0 Å². The van der Waals surface area contributed by atoms with Crippen molar-refractivity contribution < 1.29 is 19.1 Å². The molecule has 9 heteroatoms. The molecular formula is C24H21N5O4. The van der Waals surface area contributed by atoms with Gasteiger partial charge in [0.2, 0.25) is 5.91 Å². The largest absolute Gasteiger partial charge is 0.457 e. The van der Waals surface area contributed by atoms with E-state index in [2.05, 4.69) is 16.2 Å². The molecule has 1 fully saturated rings. The van der Waals surface area contributed by atoms with E-state index in [1.807, 2.05) is 26.1 Å². The highest BCUT2D eigenvalue weighted by molar-refractivity contribution is 5.94. The second kappa shape index (κ2) is 8.15. The van der Waals surface area contributed by atoms with E-state index in [1.54, 1.807) is 27.9 Å². The van der Waals surface area contributed by atoms with Gasteiger partial charge < -0.3 is 14.4 Å². The molecule has 0 aliphatic carbocycles. The van der Waals surface area contributed by atoms with Crippen LogP contribution in [0.5, 0.6) is 0 Å². The number of pyridine rings is 1. The summed E-state index contributed by atoms with van der Waals surface area (Å²) >= 11 is 0. The van der Waals surface area contributed by atoms with Crippen molar-refractivity contribution in [3.05, 3.63) is 75.7 Å². The third-order valence-corrected chi connectivity index (χ3v) is 6.16. The lowest BCUT2D eigenvalue weighted by Crippen LogP contribution is -2.42. The zero-order valence-electron chi connectivity index (χ0n) is 18.2. The number of benzene rings is 1. The molecule has 166 valence electrons. The van der Waals surface area contributed by atoms with Crippen LogP contribution in [-0.2, 0) is 27.4 Å². The third kappa shape index (κ3) is 3.75. The maximum absolute atomic E-state index is 12.5. The molecule has 2 aromatic heterocycles. The van der Waals surface area contributed by atoms with Crippen LogP contribution in [0.1, 0.15) is 49.8 Å². The van der Waals surface area contributed by atoms with Crippen LogP contribution in [0.25, 0.3) is 5.82 Å². The van der Waals surface area contributed by atoms with Crippen molar-refractivity contribution in [2.45, 2.75) is 33.1 Å². The summed E-state index contributed by atoms with van der Waals surface area (Å²) in [5, 5.41) is 13.5. The number of aromatic nitrogens is 3. The summed E-state index contributed by atoms with van der Waals surface area (Å²) in [7, 11) is 0. The third-order valence-electron chi connectivity index (χ3n) is 6.16. The highest BCUT2D eigenvalue weighted by Gasteiger charge is 2.31. The molecule has 0 radical (unpaired) electrons. The minimum Gasteiger partial charge on any atom is -0.457 e. The quantitative estimate of drug-likeness (QED) is 0.570. The summed E-state index contributed by atoms with van der Waals surface area (Å²) in [6, 6.07) is 7.56. The Kier molecular flexibility index (Phi) is 5.15. The molecular weight excluding hydrogens is 422 g/mol. The van der Waals surface area contributed by atoms with Crippen molar-refractivity contribution in [3.63, 3.8) is 0 Å². The molecule has 1 amide bonds. The number of carbonyl (C=O) groups excluding carboxylic acids is 2. The summed E-state index contributed by atoms with van der Waals surface area (Å²) in [4.78, 5) is 30.4. The first-order valence-corrected chi connectivity index (χ1v) is 10.5. The van der Waals surface area contributed by atoms with Crippen molar-refractivity contribution in [1.82, 2.24) is 19.7 Å². The van der Waals surface area contributed by atoms with Gasteiger partial charge >= 0.3 is 5.97 Å². The Labute approximate surface area is 190 Å². The molecule has 0 bridgehead atoms. The number of morpholine rings is 1. The molecule has 4 heterocycles. The predicted octanol–water partition coefficient (Wildman–Crippen LogP) is 2.53. The van der Waals surface area contributed by atoms with E-state index in [0.717, 1.165) is 27.8 Å². The first kappa shape index (κ1) is 20.8. The van der Waals surface area contributed by atoms with Crippen LogP contribution >= 0.6 is 0 Å². The fourth-order valence-corrected chi connectivity index (χ4v) is 4.25. The van der Waals surface area contributed by atoms with E-state index < -0.39 is 0 Å². The van der Waals surface area contributed by atoms with Crippen LogP contribution in [0.2, 0.25) is 0 Å². The molecule has 33 heavy (non-hydrogen) atoms. The summed E-state index contributed by atoms with van der Waals surface area (Å²) in [6.45, 7) is 4.85. The minimum atomic E-state index is -0.301. The molecule has 1 aromatic carbocycles. The van der Waals surface area contributed by atoms with Crippen molar-refractivity contribution in [3.8, 4) is 11.9 Å². The van der Waals surface area contributed by atoms with Crippen molar-refractivity contribution >= 4 is 11.9 Å². The second-order valence-corrected chi connectivity index (χ2v) is 8.22. The monoisotopic (exact) mass is 443 g/mol. The SMILES string of the molecule is Cc1cc(-n2cc(CN3C[C@@H](c4ccc5c(c4C)COC5=O)OCC3=O)cn2)ncc1C#N. The van der Waals surface area contributed by atoms with Crippen LogP contribution < -0.4 is 0 Å². The highest BCUT2D eigenvalue weighted by atomic mass is 16.5. The number of hydrogen-bond donors (Lipinski definition) is 0. The van der Waals surface area contributed by atoms with Gasteiger partial charge in [-0.1, -0.05) is 6.07 Å². The number of ether oxygens (including phenoxy) is 2. The van der Waals surface area contributed by atoms with E-state index in [0.29, 0.717) is 30.0 Å². The zero-order valence-corrected chi connectivity index (χ0v) is 18.2. The highest BCUT2D eigenvalue weighted by Crippen LogP contribution is 2.32. The topological polar surface area (TPSA) is 110 Å². The molecule has 0 N–H and O–H groups in total. The van der Waals surface area contributed by atoms with E-state index in [4.69, 9.17) is 14.7 Å². The van der Waals surface area contributed by atoms with E-state index in [-0.39, 0.29) is 31.2 Å². The Balaban J connectivity index is 1.34. The van der Waals surface area contributed by atoms with Crippen LogP contribution in [0, 0.1) is 25.2 Å². The first-order chi connectivity index (χ1) is 15.9. The van der Waals surface area contributed by atoms with E-state index in [9.17, 15) is 9.59 Å². The Hall–Kier alpha value is -4.03. The van der Waals surface area contributed by atoms with Gasteiger partial charge in [-0.3, -0.25) is 4.79 Å². The summed E-state index contributed by atoms with van der Waals surface area (Å²) < 4.78 is 12.6. The average Bonchev–Trinajstić information content (AvgIpc) is 3.43. The number of fused-ring (bicyclic) bond motifs is 1. The van der Waals surface area contributed by atoms with Gasteiger partial charge in [0.15, 0.2) is 5.82 Å². The lowest BCUT2D eigenvalue weighted by molar-refractivity contribution is -0.150. The number of nitrogens with zero attached hydrogens (tertiary/aromatic N) is 5. The fourth-order valence-electron chi connectivity index (χ4n) is 4.25. The summed E-state index contributed by atoms with van der Waals surface area (Å²) in [6.07, 6.45) is 4.77. The molecule has 5 rings (SSSR count). The fraction of sp³-hybridized carbons (Fsp3) is 0.292. The predicted molar refractivity (Wildman–Crippen MR) is 115 cm³/mol. The second-order valence-electron chi connectivity index (χ2n) is 8.22. The smallest absolute Gasteiger partial charge is 0.338 e. The van der Waals surface area contributed by atoms with E-state index >= 15 is 0 Å². The van der Waals surface area contributed by atoms with Crippen LogP contribution in [-0.4, -0.2) is 44.7 Å². The number of aryl methyl sites for hydroxylation is 1. The van der Waals surface area contributed by atoms with Gasteiger partial charge in [0, 0.05) is 30.1 Å². The standard InChI is InChI=1S/C24H21N5O4/c1-14-5-22(26-8-17(14)6-25)29-10-16(7-27-29)9-28-11-21(32-13-23(28)30)18-3-4-19-20(15(18)2)12-33-24(19)31/h3-5,7-8,10,21H,9,11-13H2,1-2H3/t21-/m0/s1. The number of amides is 1. The average molecular weight is 443 g/mol. The molecule has 2 aliphatic rings. The van der Waals surface area contributed by atoms with Gasteiger partial charge in [-0.2, -0.15) is 10.4 Å². The number of carbonyl (C=O) groups is 2. The number of cyclic esters (lactones) is 1. The summed E-state index contributed by atoms with van der Waals surface area (Å²) in [5.74, 6) is 0.211. The molecule has 1 saturated heterocycles. The number of esters is 1. The molecule has 3 aromatic rings. The maximum atomic E-state index is 12.5. The lowest BCUT2D eigenvalue weighted by atomic mass is 9.94.